The van der Waals surface area contributed by atoms with Gasteiger partial charge in [0.2, 0.25) is 0 Å². The molecular weight excluding hydrogens is 316 g/mol. The second-order valence-electron chi connectivity index (χ2n) is 5.04. The van der Waals surface area contributed by atoms with E-state index in [4.69, 9.17) is 8.37 Å². The maximum absolute atomic E-state index is 12.0. The zero-order valence-electron chi connectivity index (χ0n) is 12.4. The van der Waals surface area contributed by atoms with Crippen LogP contribution in [0.5, 0.6) is 0 Å². The first-order valence-electron chi connectivity index (χ1n) is 6.43. The summed E-state index contributed by atoms with van der Waals surface area (Å²) in [5.74, 6) is -0.531. The summed E-state index contributed by atoms with van der Waals surface area (Å²) in [6, 6.07) is 6.10. The molecular formula is C13H20O6S2. The molecule has 6 nitrogen and oxygen atoms in total. The first-order chi connectivity index (χ1) is 9.52. The van der Waals surface area contributed by atoms with Crippen molar-refractivity contribution in [3.63, 3.8) is 0 Å². The van der Waals surface area contributed by atoms with Crippen molar-refractivity contribution in [3.05, 3.63) is 29.8 Å². The Morgan fingerprint density at radius 1 is 0.952 bits per heavy atom. The summed E-state index contributed by atoms with van der Waals surface area (Å²) < 4.78 is 56.9. The topological polar surface area (TPSA) is 86.7 Å². The van der Waals surface area contributed by atoms with Crippen LogP contribution in [-0.4, -0.2) is 34.8 Å². The smallest absolute Gasteiger partial charge is 0.267 e. The van der Waals surface area contributed by atoms with Crippen molar-refractivity contribution in [1.29, 1.82) is 0 Å². The maximum atomic E-state index is 12.0. The summed E-state index contributed by atoms with van der Waals surface area (Å²) in [4.78, 5) is -0.0119. The number of aryl methyl sites for hydroxylation is 1. The molecule has 0 radical (unpaired) electrons. The highest BCUT2D eigenvalue weighted by atomic mass is 32.2. The van der Waals surface area contributed by atoms with Crippen LogP contribution in [0.15, 0.2) is 29.2 Å². The lowest BCUT2D eigenvalue weighted by atomic mass is 10.2. The lowest BCUT2D eigenvalue weighted by Crippen LogP contribution is -2.27. The largest absolute Gasteiger partial charge is 0.297 e. The summed E-state index contributed by atoms with van der Waals surface area (Å²) in [6.07, 6.45) is -1.55. The van der Waals surface area contributed by atoms with Crippen LogP contribution >= 0.6 is 0 Å². The van der Waals surface area contributed by atoms with Crippen molar-refractivity contribution in [2.24, 2.45) is 0 Å². The zero-order chi connectivity index (χ0) is 16.3. The highest BCUT2D eigenvalue weighted by Crippen LogP contribution is 2.16. The minimum absolute atomic E-state index is 0.0119. The van der Waals surface area contributed by atoms with Gasteiger partial charge in [0.25, 0.3) is 20.2 Å². The van der Waals surface area contributed by atoms with Crippen LogP contribution in [0.2, 0.25) is 0 Å². The van der Waals surface area contributed by atoms with Gasteiger partial charge in [-0.15, -0.1) is 0 Å². The Bertz CT molecular complexity index is 659. The Morgan fingerprint density at radius 3 is 1.95 bits per heavy atom. The summed E-state index contributed by atoms with van der Waals surface area (Å²) in [7, 11) is -7.83. The molecule has 0 saturated heterocycles. The van der Waals surface area contributed by atoms with Crippen molar-refractivity contribution in [2.45, 2.75) is 44.8 Å². The van der Waals surface area contributed by atoms with Crippen molar-refractivity contribution in [1.82, 2.24) is 0 Å². The Labute approximate surface area is 126 Å². The molecule has 0 saturated carbocycles. The van der Waals surface area contributed by atoms with E-state index in [2.05, 4.69) is 0 Å². The minimum Gasteiger partial charge on any atom is -0.267 e. The Balaban J connectivity index is 2.78. The van der Waals surface area contributed by atoms with E-state index in [-0.39, 0.29) is 4.90 Å². The van der Waals surface area contributed by atoms with Crippen LogP contribution in [-0.2, 0) is 28.6 Å². The van der Waals surface area contributed by atoms with Crippen molar-refractivity contribution < 1.29 is 25.2 Å². The van der Waals surface area contributed by atoms with E-state index in [9.17, 15) is 16.8 Å². The van der Waals surface area contributed by atoms with Crippen LogP contribution in [0.25, 0.3) is 0 Å². The Kier molecular flexibility index (Phi) is 5.92. The van der Waals surface area contributed by atoms with Gasteiger partial charge in [-0.25, -0.2) is 0 Å². The molecule has 0 N–H and O–H groups in total. The molecule has 21 heavy (non-hydrogen) atoms. The molecule has 0 aliphatic rings. The molecule has 8 heteroatoms. The van der Waals surface area contributed by atoms with Crippen molar-refractivity contribution in [3.8, 4) is 0 Å². The predicted octanol–water partition coefficient (Wildman–Crippen LogP) is 1.84. The molecule has 1 unspecified atom stereocenters. The van der Waals surface area contributed by atoms with E-state index in [0.717, 1.165) is 5.56 Å². The third-order valence-corrected chi connectivity index (χ3v) is 5.37. The fourth-order valence-electron chi connectivity index (χ4n) is 1.62. The average molecular weight is 336 g/mol. The van der Waals surface area contributed by atoms with E-state index in [1.807, 2.05) is 6.92 Å². The van der Waals surface area contributed by atoms with Gasteiger partial charge in [-0.2, -0.15) is 16.8 Å². The third-order valence-electron chi connectivity index (χ3n) is 2.38. The molecule has 1 rings (SSSR count). The zero-order valence-corrected chi connectivity index (χ0v) is 14.1. The van der Waals surface area contributed by atoms with E-state index in [1.165, 1.54) is 19.1 Å². The van der Waals surface area contributed by atoms with Crippen LogP contribution in [0, 0.1) is 6.92 Å². The quantitative estimate of drug-likeness (QED) is 0.706. The van der Waals surface area contributed by atoms with Gasteiger partial charge in [0.05, 0.1) is 17.1 Å². The minimum atomic E-state index is -4.00. The van der Waals surface area contributed by atoms with Gasteiger partial charge in [-0.3, -0.25) is 8.37 Å². The molecule has 1 atom stereocenters. The summed E-state index contributed by atoms with van der Waals surface area (Å²) in [5, 5.41) is 0. The first kappa shape index (κ1) is 18.1. The van der Waals surface area contributed by atoms with Crippen molar-refractivity contribution >= 4 is 20.2 Å². The van der Waals surface area contributed by atoms with Crippen LogP contribution in [0.4, 0.5) is 0 Å². The fraction of sp³-hybridized carbons (Fsp3) is 0.538. The van der Waals surface area contributed by atoms with Gasteiger partial charge in [0, 0.05) is 0 Å². The first-order valence-corrected chi connectivity index (χ1v) is 9.41. The van der Waals surface area contributed by atoms with Gasteiger partial charge in [-0.05, 0) is 39.8 Å². The molecule has 120 valence electrons. The molecule has 0 bridgehead atoms. The van der Waals surface area contributed by atoms with E-state index in [1.54, 1.807) is 26.0 Å². The monoisotopic (exact) mass is 336 g/mol. The molecule has 1 aromatic rings. The lowest BCUT2D eigenvalue weighted by Gasteiger charge is -2.14. The number of hydrogen-bond acceptors (Lipinski definition) is 6. The lowest BCUT2D eigenvalue weighted by molar-refractivity contribution is 0.223. The summed E-state index contributed by atoms with van der Waals surface area (Å²) in [5.41, 5.74) is 0.912. The van der Waals surface area contributed by atoms with Crippen LogP contribution < -0.4 is 0 Å². The van der Waals surface area contributed by atoms with E-state index >= 15 is 0 Å². The molecule has 1 aromatic carbocycles. The van der Waals surface area contributed by atoms with E-state index in [0.29, 0.717) is 0 Å². The average Bonchev–Trinajstić information content (AvgIpc) is 2.25. The van der Waals surface area contributed by atoms with Crippen LogP contribution in [0.1, 0.15) is 26.3 Å². The third kappa shape index (κ3) is 6.13. The molecule has 0 spiro atoms. The number of rotatable bonds is 7. The van der Waals surface area contributed by atoms with Gasteiger partial charge in [0.1, 0.15) is 5.75 Å². The summed E-state index contributed by atoms with van der Waals surface area (Å²) >= 11 is 0. The highest BCUT2D eigenvalue weighted by Gasteiger charge is 2.24. The SMILES string of the molecule is Cc1ccc(S(=O)(=O)OC(C)CS(=O)(=O)OC(C)C)cc1. The molecule has 0 aliphatic carbocycles. The van der Waals surface area contributed by atoms with Crippen LogP contribution in [0.3, 0.4) is 0 Å². The van der Waals surface area contributed by atoms with Gasteiger partial charge >= 0.3 is 0 Å². The van der Waals surface area contributed by atoms with Gasteiger partial charge in [0.15, 0.2) is 0 Å². The fourth-order valence-corrected chi connectivity index (χ4v) is 4.10. The number of benzene rings is 1. The normalized spacial score (nSPS) is 14.3. The molecule has 0 heterocycles. The molecule has 0 aromatic heterocycles. The Morgan fingerprint density at radius 2 is 1.48 bits per heavy atom. The summed E-state index contributed by atoms with van der Waals surface area (Å²) in [6.45, 7) is 6.35. The van der Waals surface area contributed by atoms with Crippen molar-refractivity contribution in [2.75, 3.05) is 5.75 Å². The highest BCUT2D eigenvalue weighted by molar-refractivity contribution is 7.87. The van der Waals surface area contributed by atoms with E-state index < -0.39 is 38.2 Å². The predicted molar refractivity (Wildman–Crippen MR) is 78.9 cm³/mol. The second-order valence-corrected chi connectivity index (χ2v) is 8.26. The molecule has 0 amide bonds. The van der Waals surface area contributed by atoms with Gasteiger partial charge < -0.3 is 0 Å². The molecule has 0 fully saturated rings. The Hall–Kier alpha value is -0.960. The maximum Gasteiger partial charge on any atom is 0.297 e. The standard InChI is InChI=1S/C13H20O6S2/c1-10(2)18-20(14,15)9-12(4)19-21(16,17)13-7-5-11(3)6-8-13/h5-8,10,12H,9H2,1-4H3. The van der Waals surface area contributed by atoms with Gasteiger partial charge in [-0.1, -0.05) is 17.7 Å². The molecule has 0 aliphatic heterocycles. The number of hydrogen-bond donors (Lipinski definition) is 0. The second kappa shape index (κ2) is 6.87.